The molecule has 0 saturated heterocycles. The first kappa shape index (κ1) is 16.3. The number of halogens is 1. The van der Waals surface area contributed by atoms with Gasteiger partial charge >= 0.3 is 0 Å². The van der Waals surface area contributed by atoms with Crippen molar-refractivity contribution in [2.24, 2.45) is 5.10 Å². The molecule has 2 atom stereocenters. The fourth-order valence-corrected chi connectivity index (χ4v) is 4.79. The zero-order chi connectivity index (χ0) is 18.7. The molecular weight excluding hydrogens is 396 g/mol. The summed E-state index contributed by atoms with van der Waals surface area (Å²) >= 11 is 7.94. The molecule has 1 aromatic heterocycles. The van der Waals surface area contributed by atoms with Gasteiger partial charge in [-0.2, -0.15) is 16.4 Å². The van der Waals surface area contributed by atoms with Crippen LogP contribution in [0.5, 0.6) is 17.2 Å². The standard InChI is InChI=1S/C21H15ClN2O3S/c22-14-2-4-18-15(8-14)17-9-16(12-1-3-19-20(7-12)26-11-25-19)23-24(17)21(27-18)13-5-6-28-10-13/h1-8,10,17,21H,9,11H2/t17-,21+/m0/s1. The smallest absolute Gasteiger partial charge is 0.231 e. The second kappa shape index (κ2) is 6.15. The van der Waals surface area contributed by atoms with Crippen LogP contribution in [0.15, 0.2) is 58.3 Å². The van der Waals surface area contributed by atoms with E-state index in [0.717, 1.165) is 46.1 Å². The largest absolute Gasteiger partial charge is 0.464 e. The molecule has 0 amide bonds. The molecular formula is C21H15ClN2O3S. The molecule has 4 heterocycles. The van der Waals surface area contributed by atoms with Crippen LogP contribution in [0.2, 0.25) is 5.02 Å². The molecule has 3 aliphatic heterocycles. The molecule has 0 fully saturated rings. The van der Waals surface area contributed by atoms with Gasteiger partial charge in [0, 0.05) is 28.1 Å². The zero-order valence-corrected chi connectivity index (χ0v) is 16.2. The van der Waals surface area contributed by atoms with Gasteiger partial charge in [-0.25, -0.2) is 5.01 Å². The molecule has 2 aromatic carbocycles. The predicted molar refractivity (Wildman–Crippen MR) is 107 cm³/mol. The minimum atomic E-state index is -0.253. The third kappa shape index (κ3) is 2.48. The highest BCUT2D eigenvalue weighted by Crippen LogP contribution is 2.48. The highest BCUT2D eigenvalue weighted by atomic mass is 35.5. The predicted octanol–water partition coefficient (Wildman–Crippen LogP) is 5.37. The minimum absolute atomic E-state index is 0.0766. The van der Waals surface area contributed by atoms with E-state index in [-0.39, 0.29) is 19.1 Å². The van der Waals surface area contributed by atoms with Crippen molar-refractivity contribution in [3.05, 3.63) is 74.9 Å². The van der Waals surface area contributed by atoms with Gasteiger partial charge in [0.05, 0.1) is 11.8 Å². The molecule has 0 saturated carbocycles. The van der Waals surface area contributed by atoms with Gasteiger partial charge in [-0.05, 0) is 53.2 Å². The lowest BCUT2D eigenvalue weighted by Crippen LogP contribution is -2.33. The molecule has 0 aliphatic carbocycles. The van der Waals surface area contributed by atoms with Gasteiger partial charge in [0.2, 0.25) is 13.0 Å². The molecule has 3 aliphatic rings. The summed E-state index contributed by atoms with van der Waals surface area (Å²) in [6.45, 7) is 0.264. The normalized spacial score (nSPS) is 21.8. The van der Waals surface area contributed by atoms with Crippen LogP contribution < -0.4 is 14.2 Å². The summed E-state index contributed by atoms with van der Waals surface area (Å²) in [5, 5.41) is 11.9. The number of ether oxygens (including phenoxy) is 3. The molecule has 7 heteroatoms. The van der Waals surface area contributed by atoms with Crippen molar-refractivity contribution in [1.29, 1.82) is 0 Å². The van der Waals surface area contributed by atoms with Crippen LogP contribution in [-0.2, 0) is 0 Å². The Bertz CT molecular complexity index is 1100. The Morgan fingerprint density at radius 2 is 1.93 bits per heavy atom. The average Bonchev–Trinajstić information content (AvgIpc) is 3.46. The Kier molecular flexibility index (Phi) is 3.58. The maximum absolute atomic E-state index is 6.33. The Morgan fingerprint density at radius 1 is 1.04 bits per heavy atom. The number of thiophene rings is 1. The maximum atomic E-state index is 6.33. The third-order valence-corrected chi connectivity index (χ3v) is 6.22. The lowest BCUT2D eigenvalue weighted by molar-refractivity contribution is -0.0187. The van der Waals surface area contributed by atoms with Crippen molar-refractivity contribution in [3.63, 3.8) is 0 Å². The molecule has 0 unspecified atom stereocenters. The van der Waals surface area contributed by atoms with E-state index < -0.39 is 0 Å². The van der Waals surface area contributed by atoms with Gasteiger partial charge in [0.15, 0.2) is 11.5 Å². The van der Waals surface area contributed by atoms with Crippen LogP contribution in [0, 0.1) is 0 Å². The highest BCUT2D eigenvalue weighted by Gasteiger charge is 2.41. The van der Waals surface area contributed by atoms with Crippen molar-refractivity contribution in [3.8, 4) is 17.2 Å². The van der Waals surface area contributed by atoms with Gasteiger partial charge in [-0.3, -0.25) is 0 Å². The molecule has 28 heavy (non-hydrogen) atoms. The summed E-state index contributed by atoms with van der Waals surface area (Å²) in [5.41, 5.74) is 4.20. The summed E-state index contributed by atoms with van der Waals surface area (Å²) in [4.78, 5) is 0. The van der Waals surface area contributed by atoms with E-state index in [0.29, 0.717) is 5.02 Å². The van der Waals surface area contributed by atoms with Crippen molar-refractivity contribution in [2.75, 3.05) is 6.79 Å². The first-order valence-electron chi connectivity index (χ1n) is 9.00. The van der Waals surface area contributed by atoms with Crippen molar-refractivity contribution in [1.82, 2.24) is 5.01 Å². The van der Waals surface area contributed by atoms with Gasteiger partial charge in [-0.1, -0.05) is 11.6 Å². The highest BCUT2D eigenvalue weighted by molar-refractivity contribution is 7.07. The van der Waals surface area contributed by atoms with Gasteiger partial charge in [0.25, 0.3) is 0 Å². The lowest BCUT2D eigenvalue weighted by Gasteiger charge is -2.37. The van der Waals surface area contributed by atoms with E-state index in [1.165, 1.54) is 0 Å². The van der Waals surface area contributed by atoms with Crippen LogP contribution in [0.4, 0.5) is 0 Å². The summed E-state index contributed by atoms with van der Waals surface area (Å²) in [7, 11) is 0. The molecule has 0 radical (unpaired) electrons. The van der Waals surface area contributed by atoms with Crippen LogP contribution in [0.25, 0.3) is 0 Å². The van der Waals surface area contributed by atoms with Crippen molar-refractivity contribution in [2.45, 2.75) is 18.7 Å². The van der Waals surface area contributed by atoms with Gasteiger partial charge < -0.3 is 14.2 Å². The Morgan fingerprint density at radius 3 is 2.82 bits per heavy atom. The number of fused-ring (bicyclic) bond motifs is 4. The Hall–Kier alpha value is -2.70. The number of rotatable bonds is 2. The number of benzene rings is 2. The summed E-state index contributed by atoms with van der Waals surface area (Å²) in [5.74, 6) is 2.40. The minimum Gasteiger partial charge on any atom is -0.464 e. The monoisotopic (exact) mass is 410 g/mol. The van der Waals surface area contributed by atoms with E-state index in [1.807, 2.05) is 36.4 Å². The summed E-state index contributed by atoms with van der Waals surface area (Å²) < 4.78 is 17.3. The van der Waals surface area contributed by atoms with Gasteiger partial charge in [0.1, 0.15) is 5.75 Å². The average molecular weight is 411 g/mol. The van der Waals surface area contributed by atoms with E-state index in [2.05, 4.69) is 21.8 Å². The molecule has 0 spiro atoms. The van der Waals surface area contributed by atoms with Gasteiger partial charge in [-0.15, -0.1) is 0 Å². The van der Waals surface area contributed by atoms with E-state index in [1.54, 1.807) is 11.3 Å². The number of hydrogen-bond acceptors (Lipinski definition) is 6. The summed E-state index contributed by atoms with van der Waals surface area (Å²) in [6.07, 6.45) is 0.521. The maximum Gasteiger partial charge on any atom is 0.231 e. The second-order valence-corrected chi connectivity index (χ2v) is 8.14. The van der Waals surface area contributed by atoms with Crippen LogP contribution in [0.1, 0.15) is 35.4 Å². The topological polar surface area (TPSA) is 43.3 Å². The molecule has 6 rings (SSSR count). The lowest BCUT2D eigenvalue weighted by atomic mass is 9.96. The zero-order valence-electron chi connectivity index (χ0n) is 14.7. The van der Waals surface area contributed by atoms with Crippen LogP contribution in [-0.4, -0.2) is 17.5 Å². The second-order valence-electron chi connectivity index (χ2n) is 6.92. The third-order valence-electron chi connectivity index (χ3n) is 5.29. The Labute approximate surface area is 170 Å². The number of hydrazone groups is 1. The van der Waals surface area contributed by atoms with Crippen molar-refractivity contribution < 1.29 is 14.2 Å². The number of nitrogens with zero attached hydrogens (tertiary/aromatic N) is 2. The van der Waals surface area contributed by atoms with Crippen molar-refractivity contribution >= 4 is 28.6 Å². The number of hydrogen-bond donors (Lipinski definition) is 0. The van der Waals surface area contributed by atoms with Crippen LogP contribution >= 0.6 is 22.9 Å². The molecule has 140 valence electrons. The SMILES string of the molecule is Clc1ccc2c(c1)[C@@H]1CC(c3ccc4c(c3)OCO4)=NN1[C@@H](c1ccsc1)O2. The first-order chi connectivity index (χ1) is 13.8. The van der Waals surface area contributed by atoms with E-state index >= 15 is 0 Å². The molecule has 0 bridgehead atoms. The van der Waals surface area contributed by atoms with Crippen LogP contribution in [0.3, 0.4) is 0 Å². The Balaban J connectivity index is 1.44. The molecule has 5 nitrogen and oxygen atoms in total. The summed E-state index contributed by atoms with van der Waals surface area (Å²) in [6, 6.07) is 13.9. The molecule has 3 aromatic rings. The fourth-order valence-electron chi connectivity index (χ4n) is 3.94. The quantitative estimate of drug-likeness (QED) is 0.569. The fraction of sp³-hybridized carbons (Fsp3) is 0.190. The van der Waals surface area contributed by atoms with E-state index in [9.17, 15) is 0 Å². The van der Waals surface area contributed by atoms with E-state index in [4.69, 9.17) is 30.9 Å². The molecule has 0 N–H and O–H groups in total. The first-order valence-corrected chi connectivity index (χ1v) is 10.3.